The predicted octanol–water partition coefficient (Wildman–Crippen LogP) is 5.29. The molecule has 1 aliphatic heterocycles. The van der Waals surface area contributed by atoms with Crippen molar-refractivity contribution < 1.29 is 4.79 Å². The largest absolute Gasteiger partial charge is 0.367 e. The molecule has 1 aliphatic carbocycles. The van der Waals surface area contributed by atoms with Crippen LogP contribution in [0, 0.1) is 0 Å². The van der Waals surface area contributed by atoms with Gasteiger partial charge in [-0.15, -0.1) is 0 Å². The zero-order valence-electron chi connectivity index (χ0n) is 18.6. The summed E-state index contributed by atoms with van der Waals surface area (Å²) in [5.41, 5.74) is 2.86. The number of carbonyl (C=O) groups excluding carboxylic acids is 1. The van der Waals surface area contributed by atoms with Gasteiger partial charge in [-0.2, -0.15) is 0 Å². The van der Waals surface area contributed by atoms with E-state index in [1.807, 2.05) is 48.5 Å². The van der Waals surface area contributed by atoms with Crippen LogP contribution >= 0.6 is 35.0 Å². The Kier molecular flexibility index (Phi) is 7.13. The van der Waals surface area contributed by atoms with E-state index >= 15 is 0 Å². The molecule has 176 valence electrons. The van der Waals surface area contributed by atoms with Crippen LogP contribution in [0.4, 0.5) is 11.5 Å². The summed E-state index contributed by atoms with van der Waals surface area (Å²) in [6, 6.07) is 17.8. The molecule has 3 aromatic rings. The molecule has 9 heteroatoms. The van der Waals surface area contributed by atoms with Crippen LogP contribution in [0.3, 0.4) is 0 Å². The first-order valence-electron chi connectivity index (χ1n) is 11.4. The minimum absolute atomic E-state index is 0.000785. The number of thioether (sulfide) groups is 1. The second kappa shape index (κ2) is 10.4. The van der Waals surface area contributed by atoms with Crippen LogP contribution in [-0.2, 0) is 5.75 Å². The van der Waals surface area contributed by atoms with E-state index in [1.165, 1.54) is 11.8 Å². The van der Waals surface area contributed by atoms with Gasteiger partial charge in [-0.25, -0.2) is 9.97 Å². The van der Waals surface area contributed by atoms with Gasteiger partial charge in [0.25, 0.3) is 5.91 Å². The highest BCUT2D eigenvalue weighted by molar-refractivity contribution is 7.98. The van der Waals surface area contributed by atoms with Gasteiger partial charge in [0.1, 0.15) is 11.0 Å². The van der Waals surface area contributed by atoms with Crippen molar-refractivity contribution in [2.45, 2.75) is 29.8 Å². The number of amides is 1. The fraction of sp³-hybridized carbons (Fsp3) is 0.320. The zero-order valence-corrected chi connectivity index (χ0v) is 20.9. The lowest BCUT2D eigenvalue weighted by Crippen LogP contribution is -2.47. The molecule has 2 fully saturated rings. The Labute approximate surface area is 213 Å². The number of rotatable bonds is 7. The Morgan fingerprint density at radius 3 is 2.38 bits per heavy atom. The van der Waals surface area contributed by atoms with E-state index in [4.69, 9.17) is 28.2 Å². The predicted molar refractivity (Wildman–Crippen MR) is 139 cm³/mol. The molecule has 0 atom stereocenters. The second-order valence-corrected chi connectivity index (χ2v) is 10.2. The smallest absolute Gasteiger partial charge is 0.251 e. The van der Waals surface area contributed by atoms with Gasteiger partial charge in [-0.05, 0) is 42.7 Å². The highest BCUT2D eigenvalue weighted by Crippen LogP contribution is 2.29. The van der Waals surface area contributed by atoms with Gasteiger partial charge in [0.05, 0.1) is 10.7 Å². The quantitative estimate of drug-likeness (QED) is 0.263. The average molecular weight is 514 g/mol. The molecule has 1 saturated heterocycles. The Morgan fingerprint density at radius 1 is 0.971 bits per heavy atom. The first kappa shape index (κ1) is 23.3. The Bertz CT molecular complexity index is 1160. The average Bonchev–Trinajstić information content (AvgIpc) is 3.67. The molecular weight excluding hydrogens is 489 g/mol. The molecule has 0 radical (unpaired) electrons. The molecule has 1 saturated carbocycles. The van der Waals surface area contributed by atoms with Gasteiger partial charge in [-0.3, -0.25) is 4.79 Å². The molecule has 5 rings (SSSR count). The van der Waals surface area contributed by atoms with Gasteiger partial charge in [0.2, 0.25) is 0 Å². The van der Waals surface area contributed by atoms with Crippen molar-refractivity contribution in [2.75, 3.05) is 36.0 Å². The van der Waals surface area contributed by atoms with Crippen LogP contribution in [0.1, 0.15) is 28.8 Å². The van der Waals surface area contributed by atoms with Gasteiger partial charge in [-0.1, -0.05) is 59.2 Å². The van der Waals surface area contributed by atoms with Crippen molar-refractivity contribution in [3.05, 3.63) is 75.9 Å². The number of piperazine rings is 1. The monoisotopic (exact) mass is 513 g/mol. The molecule has 2 heterocycles. The van der Waals surface area contributed by atoms with E-state index in [0.717, 1.165) is 61.1 Å². The summed E-state index contributed by atoms with van der Waals surface area (Å²) in [6.45, 7) is 3.36. The summed E-state index contributed by atoms with van der Waals surface area (Å²) >= 11 is 14.2. The maximum absolute atomic E-state index is 12.2. The van der Waals surface area contributed by atoms with E-state index in [9.17, 15) is 4.79 Å². The maximum atomic E-state index is 12.2. The molecular formula is C25H25Cl2N5OS. The number of hydrogen-bond donors (Lipinski definition) is 1. The van der Waals surface area contributed by atoms with E-state index in [1.54, 1.807) is 0 Å². The first-order chi connectivity index (χ1) is 16.5. The number of aromatic nitrogens is 2. The van der Waals surface area contributed by atoms with Gasteiger partial charge >= 0.3 is 0 Å². The molecule has 0 bridgehead atoms. The van der Waals surface area contributed by atoms with Crippen molar-refractivity contribution in [1.29, 1.82) is 0 Å². The molecule has 0 unspecified atom stereocenters. The number of anilines is 2. The Morgan fingerprint density at radius 2 is 1.68 bits per heavy atom. The Hall–Kier alpha value is -2.48. The van der Waals surface area contributed by atoms with Crippen LogP contribution in [0.15, 0.2) is 59.8 Å². The summed E-state index contributed by atoms with van der Waals surface area (Å²) in [6.07, 6.45) is 2.16. The van der Waals surface area contributed by atoms with Crippen LogP contribution in [0.25, 0.3) is 0 Å². The van der Waals surface area contributed by atoms with Crippen LogP contribution in [-0.4, -0.2) is 48.1 Å². The van der Waals surface area contributed by atoms with Crippen molar-refractivity contribution in [1.82, 2.24) is 15.3 Å². The topological polar surface area (TPSA) is 61.4 Å². The molecule has 1 N–H and O–H groups in total. The number of carbonyl (C=O) groups is 1. The van der Waals surface area contributed by atoms with E-state index < -0.39 is 0 Å². The highest BCUT2D eigenvalue weighted by Gasteiger charge is 2.24. The SMILES string of the molecule is O=C(NC1CC1)c1ccc(CSc2nc(Cl)cc(N3CCN(c4ccccc4Cl)CC3)n2)cc1. The summed E-state index contributed by atoms with van der Waals surface area (Å²) < 4.78 is 0. The van der Waals surface area contributed by atoms with Gasteiger partial charge < -0.3 is 15.1 Å². The van der Waals surface area contributed by atoms with Crippen LogP contribution in [0.2, 0.25) is 10.2 Å². The third-order valence-electron chi connectivity index (χ3n) is 5.95. The molecule has 2 aromatic carbocycles. The third kappa shape index (κ3) is 5.77. The second-order valence-electron chi connectivity index (χ2n) is 8.49. The zero-order chi connectivity index (χ0) is 23.5. The number of nitrogens with one attached hydrogen (secondary N) is 1. The van der Waals surface area contributed by atoms with Crippen molar-refractivity contribution in [3.8, 4) is 0 Å². The van der Waals surface area contributed by atoms with Crippen molar-refractivity contribution in [2.24, 2.45) is 0 Å². The lowest BCUT2D eigenvalue weighted by atomic mass is 10.1. The number of halogens is 2. The first-order valence-corrected chi connectivity index (χ1v) is 13.1. The molecule has 1 aromatic heterocycles. The van der Waals surface area contributed by atoms with Gasteiger partial charge in [0.15, 0.2) is 5.16 Å². The van der Waals surface area contributed by atoms with Crippen LogP contribution < -0.4 is 15.1 Å². The van der Waals surface area contributed by atoms with Crippen molar-refractivity contribution >= 4 is 52.4 Å². The Balaban J connectivity index is 1.19. The summed E-state index contributed by atoms with van der Waals surface area (Å²) in [4.78, 5) is 25.9. The minimum Gasteiger partial charge on any atom is -0.367 e. The third-order valence-corrected chi connectivity index (χ3v) is 7.39. The summed E-state index contributed by atoms with van der Waals surface area (Å²) in [7, 11) is 0. The fourth-order valence-electron chi connectivity index (χ4n) is 3.89. The van der Waals surface area contributed by atoms with Crippen LogP contribution in [0.5, 0.6) is 0 Å². The van der Waals surface area contributed by atoms with Crippen molar-refractivity contribution in [3.63, 3.8) is 0 Å². The molecule has 34 heavy (non-hydrogen) atoms. The number of nitrogens with zero attached hydrogens (tertiary/aromatic N) is 4. The molecule has 0 spiro atoms. The maximum Gasteiger partial charge on any atom is 0.251 e. The normalized spacial score (nSPS) is 15.9. The lowest BCUT2D eigenvalue weighted by molar-refractivity contribution is 0.0951. The van der Waals surface area contributed by atoms with E-state index in [0.29, 0.717) is 27.7 Å². The molecule has 1 amide bonds. The summed E-state index contributed by atoms with van der Waals surface area (Å²) in [5, 5.41) is 4.87. The summed E-state index contributed by atoms with van der Waals surface area (Å²) in [5.74, 6) is 1.54. The lowest BCUT2D eigenvalue weighted by Gasteiger charge is -2.37. The molecule has 6 nitrogen and oxygen atoms in total. The standard InChI is InChI=1S/C25H25Cl2N5OS/c26-20-3-1-2-4-21(20)31-11-13-32(14-12-31)23-15-22(27)29-25(30-23)34-16-17-5-7-18(8-6-17)24(33)28-19-9-10-19/h1-8,15,19H,9-14,16H2,(H,28,33). The number of hydrogen-bond acceptors (Lipinski definition) is 6. The van der Waals surface area contributed by atoms with E-state index in [2.05, 4.69) is 26.2 Å². The number of benzene rings is 2. The number of para-hydroxylation sites is 1. The molecule has 2 aliphatic rings. The highest BCUT2D eigenvalue weighted by atomic mass is 35.5. The van der Waals surface area contributed by atoms with E-state index in [-0.39, 0.29) is 5.91 Å². The minimum atomic E-state index is -0.000785. The van der Waals surface area contributed by atoms with Gasteiger partial charge in [0, 0.05) is 49.6 Å². The fourth-order valence-corrected chi connectivity index (χ4v) is 5.19.